The van der Waals surface area contributed by atoms with Gasteiger partial charge in [0.05, 0.1) is 10.2 Å². The van der Waals surface area contributed by atoms with Crippen molar-refractivity contribution < 1.29 is 4.79 Å². The highest BCUT2D eigenvalue weighted by atomic mass is 32.2. The van der Waals surface area contributed by atoms with E-state index in [0.29, 0.717) is 10.9 Å². The molecule has 0 aliphatic carbocycles. The molecule has 5 nitrogen and oxygen atoms in total. The van der Waals surface area contributed by atoms with Gasteiger partial charge in [0.1, 0.15) is 0 Å². The third kappa shape index (κ3) is 4.99. The number of nitrogens with one attached hydrogen (secondary N) is 2. The van der Waals surface area contributed by atoms with E-state index >= 15 is 0 Å². The summed E-state index contributed by atoms with van der Waals surface area (Å²) in [6.45, 7) is 6.30. The zero-order valence-corrected chi connectivity index (χ0v) is 16.8. The van der Waals surface area contributed by atoms with Crippen LogP contribution >= 0.6 is 34.9 Å². The molecule has 3 rings (SSSR count). The minimum atomic E-state index is -0.214. The highest BCUT2D eigenvalue weighted by molar-refractivity contribution is 8.04. The van der Waals surface area contributed by atoms with Gasteiger partial charge in [-0.15, -0.1) is 11.3 Å². The molecule has 0 spiro atoms. The Morgan fingerprint density at radius 2 is 2.16 bits per heavy atom. The van der Waals surface area contributed by atoms with Gasteiger partial charge in [0.15, 0.2) is 10.0 Å². The molecule has 8 heteroatoms. The number of hydrogen-bond acceptors (Lipinski definition) is 6. The van der Waals surface area contributed by atoms with Gasteiger partial charge < -0.3 is 5.32 Å². The van der Waals surface area contributed by atoms with E-state index in [-0.39, 0.29) is 5.91 Å². The molecule has 25 heavy (non-hydrogen) atoms. The molecule has 2 aromatic heterocycles. The molecule has 0 aliphatic rings. The van der Waals surface area contributed by atoms with Crippen LogP contribution in [0.4, 0.5) is 5.69 Å². The van der Waals surface area contributed by atoms with Crippen LogP contribution in [0.15, 0.2) is 28.6 Å². The van der Waals surface area contributed by atoms with Crippen LogP contribution in [0, 0.1) is 6.92 Å². The number of hydrogen-bond donors (Lipinski definition) is 2. The number of thiazole rings is 1. The van der Waals surface area contributed by atoms with E-state index in [1.54, 1.807) is 29.2 Å². The maximum atomic E-state index is 12.2. The second-order valence-corrected chi connectivity index (χ2v) is 9.88. The number of rotatable bonds is 7. The van der Waals surface area contributed by atoms with Crippen molar-refractivity contribution in [3.63, 3.8) is 0 Å². The molecular weight excluding hydrogens is 372 g/mol. The predicted octanol–water partition coefficient (Wildman–Crippen LogP) is 4.81. The molecule has 0 radical (unpaired) electrons. The Balaban J connectivity index is 1.64. The molecule has 0 bridgehead atoms. The van der Waals surface area contributed by atoms with Gasteiger partial charge in [0.2, 0.25) is 0 Å². The number of nitrogens with zero attached hydrogens (tertiary/aromatic N) is 2. The molecular formula is C17H20N4OS3. The van der Waals surface area contributed by atoms with Crippen LogP contribution in [-0.4, -0.2) is 37.8 Å². The summed E-state index contributed by atoms with van der Waals surface area (Å²) in [7, 11) is 0. The van der Waals surface area contributed by atoms with E-state index in [9.17, 15) is 4.79 Å². The zero-order chi connectivity index (χ0) is 17.8. The Kier molecular flexibility index (Phi) is 6.03. The van der Waals surface area contributed by atoms with Gasteiger partial charge in [0.25, 0.3) is 5.91 Å². The van der Waals surface area contributed by atoms with Crippen LogP contribution < -0.4 is 5.32 Å². The molecule has 0 fully saturated rings. The van der Waals surface area contributed by atoms with E-state index in [4.69, 9.17) is 0 Å². The van der Waals surface area contributed by atoms with Gasteiger partial charge in [-0.05, 0) is 36.4 Å². The maximum Gasteiger partial charge on any atom is 0.276 e. The number of aryl methyl sites for hydroxylation is 1. The molecule has 0 atom stereocenters. The fraction of sp³-hybridized carbons (Fsp3) is 0.353. The van der Waals surface area contributed by atoms with Crippen LogP contribution in [0.1, 0.15) is 30.0 Å². The molecule has 132 valence electrons. The first-order valence-corrected chi connectivity index (χ1v) is 10.8. The van der Waals surface area contributed by atoms with Gasteiger partial charge in [0, 0.05) is 22.9 Å². The van der Waals surface area contributed by atoms with Crippen LogP contribution in [0.25, 0.3) is 10.2 Å². The number of benzene rings is 1. The summed E-state index contributed by atoms with van der Waals surface area (Å²) in [6, 6.07) is 7.52. The summed E-state index contributed by atoms with van der Waals surface area (Å²) in [5, 5.41) is 10.3. The fourth-order valence-electron chi connectivity index (χ4n) is 2.19. The minimum Gasteiger partial charge on any atom is -0.321 e. The number of anilines is 1. The normalized spacial score (nSPS) is 11.4. The molecule has 1 amide bonds. The topological polar surface area (TPSA) is 70.7 Å². The summed E-state index contributed by atoms with van der Waals surface area (Å²) < 4.78 is 2.15. The largest absolute Gasteiger partial charge is 0.321 e. The molecule has 0 aliphatic heterocycles. The van der Waals surface area contributed by atoms with Crippen LogP contribution in [0.2, 0.25) is 0 Å². The Morgan fingerprint density at radius 3 is 2.88 bits per heavy atom. The standard InChI is InChI=1S/C17H20N4OS3/c1-10(2)23-6-7-24-17-19-13-5-4-12(9-15(13)25-17)18-16(22)14-8-11(3)20-21-14/h4-5,8-10H,6-7H2,1-3H3,(H,18,22)(H,20,21). The van der Waals surface area contributed by atoms with Crippen molar-refractivity contribution in [3.05, 3.63) is 35.7 Å². The Labute approximate surface area is 159 Å². The summed E-state index contributed by atoms with van der Waals surface area (Å²) >= 11 is 5.43. The quantitative estimate of drug-likeness (QED) is 0.446. The van der Waals surface area contributed by atoms with Crippen LogP contribution in [-0.2, 0) is 0 Å². The number of carbonyl (C=O) groups is 1. The first-order chi connectivity index (χ1) is 12.0. The predicted molar refractivity (Wildman–Crippen MR) is 109 cm³/mol. The van der Waals surface area contributed by atoms with E-state index in [2.05, 4.69) is 34.3 Å². The highest BCUT2D eigenvalue weighted by Gasteiger charge is 2.11. The van der Waals surface area contributed by atoms with E-state index in [0.717, 1.165) is 37.4 Å². The SMILES string of the molecule is Cc1cc(C(=O)Nc2ccc3nc(SCCSC(C)C)sc3c2)n[nH]1. The molecule has 2 heterocycles. The van der Waals surface area contributed by atoms with Crippen molar-refractivity contribution in [2.75, 3.05) is 16.8 Å². The molecule has 1 aromatic carbocycles. The minimum absolute atomic E-state index is 0.214. The van der Waals surface area contributed by atoms with Crippen molar-refractivity contribution in [1.29, 1.82) is 0 Å². The number of carbonyl (C=O) groups excluding carboxylic acids is 1. The third-order valence-electron chi connectivity index (χ3n) is 3.33. The number of amides is 1. The summed E-state index contributed by atoms with van der Waals surface area (Å²) in [5.74, 6) is 1.97. The number of aromatic amines is 1. The van der Waals surface area contributed by atoms with E-state index in [1.807, 2.05) is 36.9 Å². The lowest BCUT2D eigenvalue weighted by Crippen LogP contribution is -2.12. The molecule has 0 saturated heterocycles. The monoisotopic (exact) mass is 392 g/mol. The average Bonchev–Trinajstić information content (AvgIpc) is 3.17. The average molecular weight is 393 g/mol. The van der Waals surface area contributed by atoms with Crippen molar-refractivity contribution in [2.45, 2.75) is 30.4 Å². The lowest BCUT2D eigenvalue weighted by molar-refractivity contribution is 0.102. The van der Waals surface area contributed by atoms with Gasteiger partial charge in [-0.25, -0.2) is 4.98 Å². The Bertz CT molecular complexity index is 872. The third-order valence-corrected chi connectivity index (χ3v) is 6.85. The van der Waals surface area contributed by atoms with Gasteiger partial charge in [-0.3, -0.25) is 9.89 Å². The highest BCUT2D eigenvalue weighted by Crippen LogP contribution is 2.31. The van der Waals surface area contributed by atoms with Crippen LogP contribution in [0.5, 0.6) is 0 Å². The number of aromatic nitrogens is 3. The fourth-order valence-corrected chi connectivity index (χ4v) is 5.20. The summed E-state index contributed by atoms with van der Waals surface area (Å²) in [4.78, 5) is 16.8. The van der Waals surface area contributed by atoms with Gasteiger partial charge in [-0.1, -0.05) is 25.6 Å². The Morgan fingerprint density at radius 1 is 1.32 bits per heavy atom. The molecule has 0 saturated carbocycles. The number of H-pyrrole nitrogens is 1. The second-order valence-electron chi connectivity index (χ2n) is 5.82. The zero-order valence-electron chi connectivity index (χ0n) is 14.3. The van der Waals surface area contributed by atoms with Crippen LogP contribution in [0.3, 0.4) is 0 Å². The molecule has 3 aromatic rings. The number of fused-ring (bicyclic) bond motifs is 1. The summed E-state index contributed by atoms with van der Waals surface area (Å²) in [6.07, 6.45) is 0. The van der Waals surface area contributed by atoms with E-state index < -0.39 is 0 Å². The van der Waals surface area contributed by atoms with Crippen molar-refractivity contribution >= 4 is 56.7 Å². The smallest absolute Gasteiger partial charge is 0.276 e. The van der Waals surface area contributed by atoms with Gasteiger partial charge >= 0.3 is 0 Å². The first kappa shape index (κ1) is 18.3. The lowest BCUT2D eigenvalue weighted by Gasteiger charge is -2.02. The maximum absolute atomic E-state index is 12.2. The second kappa shape index (κ2) is 8.25. The van der Waals surface area contributed by atoms with E-state index in [1.165, 1.54) is 0 Å². The molecule has 2 N–H and O–H groups in total. The molecule has 0 unspecified atom stereocenters. The number of thioether (sulfide) groups is 2. The lowest BCUT2D eigenvalue weighted by atomic mass is 10.3. The van der Waals surface area contributed by atoms with Crippen molar-refractivity contribution in [1.82, 2.24) is 15.2 Å². The van der Waals surface area contributed by atoms with Gasteiger partial charge in [-0.2, -0.15) is 16.9 Å². The first-order valence-electron chi connectivity index (χ1n) is 7.99. The van der Waals surface area contributed by atoms with Crippen molar-refractivity contribution in [2.24, 2.45) is 0 Å². The van der Waals surface area contributed by atoms with Crippen molar-refractivity contribution in [3.8, 4) is 0 Å². The Hall–Kier alpha value is -1.51. The summed E-state index contributed by atoms with van der Waals surface area (Å²) in [5.41, 5.74) is 2.98.